The van der Waals surface area contributed by atoms with Crippen LogP contribution in [-0.2, 0) is 0 Å². The minimum Gasteiger partial charge on any atom is -0.380 e. The van der Waals surface area contributed by atoms with Gasteiger partial charge in [-0.05, 0) is 27.2 Å². The Kier molecular flexibility index (Phi) is 6.84. The smallest absolute Gasteiger partial charge is 0.0728 e. The van der Waals surface area contributed by atoms with Gasteiger partial charge in [-0.1, -0.05) is 39.0 Å². The Morgan fingerprint density at radius 1 is 1.17 bits per heavy atom. The zero-order chi connectivity index (χ0) is 13.4. The molecule has 0 bridgehead atoms. The summed E-state index contributed by atoms with van der Waals surface area (Å²) >= 11 is 0. The van der Waals surface area contributed by atoms with Crippen LogP contribution in [-0.4, -0.2) is 15.8 Å². The van der Waals surface area contributed by atoms with Gasteiger partial charge in [0, 0.05) is 18.3 Å². The fourth-order valence-corrected chi connectivity index (χ4v) is 2.11. The Morgan fingerprint density at radius 3 is 2.50 bits per heavy atom. The first-order chi connectivity index (χ1) is 8.63. The number of aromatic nitrogens is 2. The zero-order valence-electron chi connectivity index (χ0n) is 12.4. The molecule has 0 spiro atoms. The second-order valence-electron chi connectivity index (χ2n) is 5.55. The van der Waals surface area contributed by atoms with Crippen molar-refractivity contribution >= 4 is 5.69 Å². The summed E-state index contributed by atoms with van der Waals surface area (Å²) in [5.41, 5.74) is 1.14. The third-order valence-corrected chi connectivity index (χ3v) is 3.28. The van der Waals surface area contributed by atoms with Gasteiger partial charge in [0.2, 0.25) is 0 Å². The van der Waals surface area contributed by atoms with Crippen LogP contribution in [0.1, 0.15) is 72.3 Å². The number of hydrogen-bond acceptors (Lipinski definition) is 2. The Balaban J connectivity index is 2.20. The molecule has 0 saturated heterocycles. The second kappa shape index (κ2) is 8.17. The van der Waals surface area contributed by atoms with Crippen molar-refractivity contribution in [2.45, 2.75) is 78.3 Å². The van der Waals surface area contributed by atoms with Gasteiger partial charge in [0.25, 0.3) is 0 Å². The molecule has 0 aliphatic rings. The van der Waals surface area contributed by atoms with Crippen LogP contribution >= 0.6 is 0 Å². The van der Waals surface area contributed by atoms with Gasteiger partial charge in [-0.3, -0.25) is 4.68 Å². The summed E-state index contributed by atoms with van der Waals surface area (Å²) in [5, 5.41) is 7.87. The lowest BCUT2D eigenvalue weighted by molar-refractivity contribution is 0.532. The van der Waals surface area contributed by atoms with Crippen LogP contribution in [0.15, 0.2) is 12.4 Å². The largest absolute Gasteiger partial charge is 0.380 e. The highest BCUT2D eigenvalue weighted by molar-refractivity contribution is 5.39. The summed E-state index contributed by atoms with van der Waals surface area (Å²) in [6.07, 6.45) is 12.0. The Hall–Kier alpha value is -0.990. The first kappa shape index (κ1) is 15.1. The lowest BCUT2D eigenvalue weighted by Crippen LogP contribution is -2.14. The predicted molar refractivity (Wildman–Crippen MR) is 79.1 cm³/mol. The molecule has 0 amide bonds. The van der Waals surface area contributed by atoms with E-state index in [0.717, 1.165) is 5.69 Å². The van der Waals surface area contributed by atoms with Crippen LogP contribution in [0.3, 0.4) is 0 Å². The molecular formula is C15H29N3. The van der Waals surface area contributed by atoms with Crippen molar-refractivity contribution in [2.24, 2.45) is 0 Å². The molecule has 0 fully saturated rings. The van der Waals surface area contributed by atoms with E-state index in [4.69, 9.17) is 0 Å². The summed E-state index contributed by atoms with van der Waals surface area (Å²) < 4.78 is 2.00. The van der Waals surface area contributed by atoms with E-state index in [1.807, 2.05) is 10.9 Å². The summed E-state index contributed by atoms with van der Waals surface area (Å²) in [5.74, 6) is 0. The fraction of sp³-hybridized carbons (Fsp3) is 0.800. The molecule has 1 atom stereocenters. The first-order valence-electron chi connectivity index (χ1n) is 7.44. The molecule has 3 nitrogen and oxygen atoms in total. The van der Waals surface area contributed by atoms with Gasteiger partial charge in [0.15, 0.2) is 0 Å². The molecule has 1 rings (SSSR count). The van der Waals surface area contributed by atoms with E-state index < -0.39 is 0 Å². The standard InChI is InChI=1S/C15H29N3/c1-5-6-7-8-9-10-14(4)17-15-11-16-18(12-15)13(2)3/h11-14,17H,5-10H2,1-4H3. The van der Waals surface area contributed by atoms with Crippen LogP contribution in [0.25, 0.3) is 0 Å². The number of anilines is 1. The van der Waals surface area contributed by atoms with Crippen LogP contribution in [0, 0.1) is 0 Å². The van der Waals surface area contributed by atoms with Crippen LogP contribution in [0.2, 0.25) is 0 Å². The fourth-order valence-electron chi connectivity index (χ4n) is 2.11. The molecule has 3 heteroatoms. The maximum absolute atomic E-state index is 4.34. The molecule has 0 radical (unpaired) electrons. The van der Waals surface area contributed by atoms with Crippen molar-refractivity contribution in [3.63, 3.8) is 0 Å². The van der Waals surface area contributed by atoms with Gasteiger partial charge >= 0.3 is 0 Å². The normalized spacial score (nSPS) is 12.9. The Morgan fingerprint density at radius 2 is 1.89 bits per heavy atom. The SMILES string of the molecule is CCCCCCCC(C)Nc1cnn(C(C)C)c1. The van der Waals surface area contributed by atoms with Crippen LogP contribution in [0.4, 0.5) is 5.69 Å². The highest BCUT2D eigenvalue weighted by atomic mass is 15.3. The number of nitrogens with zero attached hydrogens (tertiary/aromatic N) is 2. The predicted octanol–water partition coefficient (Wildman–Crippen LogP) is 4.62. The highest BCUT2D eigenvalue weighted by Gasteiger charge is 2.05. The molecule has 0 saturated carbocycles. The molecule has 1 N–H and O–H groups in total. The van der Waals surface area contributed by atoms with Crippen LogP contribution < -0.4 is 5.32 Å². The molecule has 1 heterocycles. The number of unbranched alkanes of at least 4 members (excludes halogenated alkanes) is 4. The van der Waals surface area contributed by atoms with Crippen molar-refractivity contribution in [2.75, 3.05) is 5.32 Å². The second-order valence-corrected chi connectivity index (χ2v) is 5.55. The van der Waals surface area contributed by atoms with Gasteiger partial charge in [-0.15, -0.1) is 0 Å². The highest BCUT2D eigenvalue weighted by Crippen LogP contribution is 2.14. The van der Waals surface area contributed by atoms with Crippen molar-refractivity contribution in [1.82, 2.24) is 9.78 Å². The summed E-state index contributed by atoms with van der Waals surface area (Å²) in [4.78, 5) is 0. The van der Waals surface area contributed by atoms with Crippen molar-refractivity contribution < 1.29 is 0 Å². The molecule has 1 aromatic heterocycles. The third-order valence-electron chi connectivity index (χ3n) is 3.28. The average Bonchev–Trinajstić information content (AvgIpc) is 2.77. The van der Waals surface area contributed by atoms with Gasteiger partial charge < -0.3 is 5.32 Å². The average molecular weight is 251 g/mol. The Bertz CT molecular complexity index is 317. The number of hydrogen-bond donors (Lipinski definition) is 1. The van der Waals surface area contributed by atoms with E-state index in [9.17, 15) is 0 Å². The molecule has 0 aliphatic heterocycles. The van der Waals surface area contributed by atoms with E-state index in [2.05, 4.69) is 44.3 Å². The minimum absolute atomic E-state index is 0.435. The molecule has 18 heavy (non-hydrogen) atoms. The summed E-state index contributed by atoms with van der Waals surface area (Å²) in [6.45, 7) is 8.81. The van der Waals surface area contributed by atoms with E-state index in [-0.39, 0.29) is 0 Å². The number of nitrogens with one attached hydrogen (secondary N) is 1. The Labute approximate surface area is 112 Å². The van der Waals surface area contributed by atoms with E-state index >= 15 is 0 Å². The van der Waals surface area contributed by atoms with Gasteiger partial charge in [-0.2, -0.15) is 5.10 Å². The lowest BCUT2D eigenvalue weighted by Gasteiger charge is -2.13. The summed E-state index contributed by atoms with van der Waals surface area (Å²) in [7, 11) is 0. The van der Waals surface area contributed by atoms with Gasteiger partial charge in [0.05, 0.1) is 11.9 Å². The molecule has 1 unspecified atom stereocenters. The first-order valence-corrected chi connectivity index (χ1v) is 7.44. The van der Waals surface area contributed by atoms with Crippen molar-refractivity contribution in [1.29, 1.82) is 0 Å². The van der Waals surface area contributed by atoms with Crippen molar-refractivity contribution in [3.8, 4) is 0 Å². The zero-order valence-corrected chi connectivity index (χ0v) is 12.4. The molecule has 104 valence electrons. The maximum Gasteiger partial charge on any atom is 0.0728 e. The van der Waals surface area contributed by atoms with Gasteiger partial charge in [-0.25, -0.2) is 0 Å². The molecule has 0 aromatic carbocycles. The maximum atomic E-state index is 4.34. The monoisotopic (exact) mass is 251 g/mol. The summed E-state index contributed by atoms with van der Waals surface area (Å²) in [6, 6.07) is 0.973. The van der Waals surface area contributed by atoms with E-state index in [0.29, 0.717) is 12.1 Å². The number of rotatable bonds is 9. The molecule has 0 aliphatic carbocycles. The lowest BCUT2D eigenvalue weighted by atomic mass is 10.1. The molecule has 1 aromatic rings. The van der Waals surface area contributed by atoms with E-state index in [1.54, 1.807) is 0 Å². The van der Waals surface area contributed by atoms with Gasteiger partial charge in [0.1, 0.15) is 0 Å². The van der Waals surface area contributed by atoms with Crippen molar-refractivity contribution in [3.05, 3.63) is 12.4 Å². The molecular weight excluding hydrogens is 222 g/mol. The van der Waals surface area contributed by atoms with E-state index in [1.165, 1.54) is 38.5 Å². The minimum atomic E-state index is 0.435. The topological polar surface area (TPSA) is 29.9 Å². The van der Waals surface area contributed by atoms with Crippen LogP contribution in [0.5, 0.6) is 0 Å². The quantitative estimate of drug-likeness (QED) is 0.649. The third kappa shape index (κ3) is 5.56.